The number of benzene rings is 2. The summed E-state index contributed by atoms with van der Waals surface area (Å²) >= 11 is 0. The van der Waals surface area contributed by atoms with Gasteiger partial charge in [0.15, 0.2) is 0 Å². The lowest BCUT2D eigenvalue weighted by molar-refractivity contribution is -0.146. The molecule has 0 saturated carbocycles. The van der Waals surface area contributed by atoms with Crippen LogP contribution in [-0.2, 0) is 13.0 Å². The minimum absolute atomic E-state index is 0.363. The molecular weight excluding hydrogens is 465 g/mol. The maximum absolute atomic E-state index is 13.2. The van der Waals surface area contributed by atoms with Crippen LogP contribution in [0.4, 0.5) is 13.2 Å². The largest absolute Gasteiger partial charge is 0.491 e. The van der Waals surface area contributed by atoms with Gasteiger partial charge in [0, 0.05) is 64.4 Å². The lowest BCUT2D eigenvalue weighted by atomic mass is 9.97. The van der Waals surface area contributed by atoms with Crippen molar-refractivity contribution in [3.8, 4) is 5.75 Å². The van der Waals surface area contributed by atoms with Gasteiger partial charge in [-0.3, -0.25) is 4.90 Å². The molecule has 0 radical (unpaired) electrons. The van der Waals surface area contributed by atoms with Crippen molar-refractivity contribution in [1.82, 2.24) is 19.5 Å². The number of aromatic amines is 1. The van der Waals surface area contributed by atoms with Crippen LogP contribution in [-0.4, -0.2) is 44.9 Å². The summed E-state index contributed by atoms with van der Waals surface area (Å²) in [5, 5.41) is 9.34. The molecule has 0 aliphatic carbocycles. The van der Waals surface area contributed by atoms with Gasteiger partial charge in [0.2, 0.25) is 0 Å². The summed E-state index contributed by atoms with van der Waals surface area (Å²) in [5.74, 6) is 1.13. The van der Waals surface area contributed by atoms with E-state index in [4.69, 9.17) is 9.84 Å². The predicted molar refractivity (Wildman–Crippen MR) is 137 cm³/mol. The van der Waals surface area contributed by atoms with Crippen molar-refractivity contribution >= 4 is 38.1 Å². The molecular formula is C28H29F3N4O. The normalized spacial score (nSPS) is 16.0. The molecule has 1 unspecified atom stereocenters. The summed E-state index contributed by atoms with van der Waals surface area (Å²) in [6, 6.07) is 11.7. The van der Waals surface area contributed by atoms with Crippen LogP contribution in [0.25, 0.3) is 38.1 Å². The first kappa shape index (κ1) is 23.2. The van der Waals surface area contributed by atoms with Crippen molar-refractivity contribution in [3.63, 3.8) is 0 Å². The molecule has 36 heavy (non-hydrogen) atoms. The number of halogens is 3. The molecule has 2 aromatic carbocycles. The average Bonchev–Trinajstić information content (AvgIpc) is 3.45. The molecule has 1 aliphatic heterocycles. The molecule has 0 saturated heterocycles. The number of nitrogens with zero attached hydrogens (tertiary/aromatic N) is 3. The highest BCUT2D eigenvalue weighted by Gasteiger charge is 2.35. The molecule has 188 valence electrons. The summed E-state index contributed by atoms with van der Waals surface area (Å²) in [6.45, 7) is 7.47. The minimum atomic E-state index is -4.19. The molecule has 1 atom stereocenters. The van der Waals surface area contributed by atoms with Crippen molar-refractivity contribution in [1.29, 1.82) is 0 Å². The van der Waals surface area contributed by atoms with E-state index in [-0.39, 0.29) is 0 Å². The number of H-pyrrole nitrogens is 1. The third-order valence-corrected chi connectivity index (χ3v) is 7.26. The Hall–Kier alpha value is -3.26. The number of alkyl halides is 3. The van der Waals surface area contributed by atoms with Crippen LogP contribution < -0.4 is 4.74 Å². The zero-order valence-corrected chi connectivity index (χ0v) is 20.6. The van der Waals surface area contributed by atoms with Crippen LogP contribution in [0.3, 0.4) is 0 Å². The van der Waals surface area contributed by atoms with Gasteiger partial charge in [0.1, 0.15) is 11.3 Å². The molecule has 0 bridgehead atoms. The van der Waals surface area contributed by atoms with Crippen molar-refractivity contribution in [2.75, 3.05) is 13.2 Å². The van der Waals surface area contributed by atoms with Crippen molar-refractivity contribution in [2.24, 2.45) is 5.92 Å². The summed E-state index contributed by atoms with van der Waals surface area (Å²) < 4.78 is 47.7. The van der Waals surface area contributed by atoms with E-state index in [1.165, 1.54) is 0 Å². The molecule has 5 nitrogen and oxygen atoms in total. The fraction of sp³-hybridized carbons (Fsp3) is 0.393. The molecule has 0 amide bonds. The first-order valence-corrected chi connectivity index (χ1v) is 12.5. The average molecular weight is 495 g/mol. The van der Waals surface area contributed by atoms with E-state index in [1.54, 1.807) is 6.92 Å². The van der Waals surface area contributed by atoms with Gasteiger partial charge in [0.25, 0.3) is 0 Å². The van der Waals surface area contributed by atoms with Gasteiger partial charge in [0.05, 0.1) is 24.2 Å². The SMILES string of the molecule is CC(C)COc1cccc2c3c4cc[nH]c4ccc3c3c4c(nn3c12)CCN(C(C)CC(F)(F)F)C4. The molecule has 0 fully saturated rings. The van der Waals surface area contributed by atoms with Gasteiger partial charge in [-0.2, -0.15) is 18.3 Å². The summed E-state index contributed by atoms with van der Waals surface area (Å²) in [4.78, 5) is 5.24. The molecule has 5 aromatic rings. The molecule has 8 heteroatoms. The lowest BCUT2D eigenvalue weighted by Gasteiger charge is -2.32. The van der Waals surface area contributed by atoms with Crippen LogP contribution >= 0.6 is 0 Å². The standard InChI is InChI=1S/C28H29F3N4O/c1-16(2)15-36-24-6-4-5-19-25-18-9-11-32-22(18)8-7-20(25)26-21-14-34(17(3)13-28(29,30)31)12-10-23(21)33-35(26)27(19)24/h4-9,11,16-17,32H,10,12-15H2,1-3H3. The van der Waals surface area contributed by atoms with E-state index in [0.29, 0.717) is 32.0 Å². The summed E-state index contributed by atoms with van der Waals surface area (Å²) in [7, 11) is 0. The van der Waals surface area contributed by atoms with Gasteiger partial charge in [-0.05, 0) is 31.0 Å². The molecule has 1 N–H and O–H groups in total. The van der Waals surface area contributed by atoms with Crippen LogP contribution in [0.2, 0.25) is 0 Å². The second-order valence-electron chi connectivity index (χ2n) is 10.4. The highest BCUT2D eigenvalue weighted by Crippen LogP contribution is 2.41. The number of fused-ring (bicyclic) bond motifs is 10. The topological polar surface area (TPSA) is 45.6 Å². The van der Waals surface area contributed by atoms with Gasteiger partial charge in [-0.1, -0.05) is 32.0 Å². The fourth-order valence-electron chi connectivity index (χ4n) is 5.61. The van der Waals surface area contributed by atoms with Gasteiger partial charge < -0.3 is 9.72 Å². The Balaban J connectivity index is 1.63. The Morgan fingerprint density at radius 1 is 1.03 bits per heavy atom. The number of nitrogens with one attached hydrogen (secondary N) is 1. The third kappa shape index (κ3) is 3.79. The van der Waals surface area contributed by atoms with Crippen LogP contribution in [0.15, 0.2) is 42.6 Å². The van der Waals surface area contributed by atoms with E-state index in [0.717, 1.165) is 55.1 Å². The van der Waals surface area contributed by atoms with Crippen LogP contribution in [0, 0.1) is 5.92 Å². The van der Waals surface area contributed by atoms with Gasteiger partial charge >= 0.3 is 6.18 Å². The monoisotopic (exact) mass is 494 g/mol. The number of rotatable bonds is 5. The fourth-order valence-corrected chi connectivity index (χ4v) is 5.61. The van der Waals surface area contributed by atoms with Crippen LogP contribution in [0.1, 0.15) is 38.4 Å². The van der Waals surface area contributed by atoms with E-state index in [9.17, 15) is 13.2 Å². The number of hydrogen-bond donors (Lipinski definition) is 1. The van der Waals surface area contributed by atoms with E-state index in [2.05, 4.69) is 43.1 Å². The highest BCUT2D eigenvalue weighted by molar-refractivity contribution is 6.24. The molecule has 3 aromatic heterocycles. The zero-order valence-electron chi connectivity index (χ0n) is 20.6. The number of hydrogen-bond acceptors (Lipinski definition) is 3. The van der Waals surface area contributed by atoms with Crippen LogP contribution in [0.5, 0.6) is 5.75 Å². The molecule has 0 spiro atoms. The number of pyridine rings is 1. The predicted octanol–water partition coefficient (Wildman–Crippen LogP) is 6.86. The number of para-hydroxylation sites is 1. The van der Waals surface area contributed by atoms with Crippen molar-refractivity contribution in [3.05, 3.63) is 53.9 Å². The Bertz CT molecular complexity index is 1600. The van der Waals surface area contributed by atoms with Crippen molar-refractivity contribution < 1.29 is 17.9 Å². The van der Waals surface area contributed by atoms with E-state index < -0.39 is 18.6 Å². The Labute approximate surface area is 206 Å². The summed E-state index contributed by atoms with van der Waals surface area (Å²) in [6.07, 6.45) is -2.45. The molecule has 1 aliphatic rings. The first-order valence-electron chi connectivity index (χ1n) is 12.5. The lowest BCUT2D eigenvalue weighted by Crippen LogP contribution is -2.39. The smallest absolute Gasteiger partial charge is 0.390 e. The minimum Gasteiger partial charge on any atom is -0.491 e. The first-order chi connectivity index (χ1) is 17.2. The summed E-state index contributed by atoms with van der Waals surface area (Å²) in [5.41, 5.74) is 4.86. The van der Waals surface area contributed by atoms with E-state index >= 15 is 0 Å². The number of aromatic nitrogens is 3. The van der Waals surface area contributed by atoms with Gasteiger partial charge in [-0.15, -0.1) is 0 Å². The third-order valence-electron chi connectivity index (χ3n) is 7.26. The van der Waals surface area contributed by atoms with E-state index in [1.807, 2.05) is 27.7 Å². The highest BCUT2D eigenvalue weighted by atomic mass is 19.4. The second-order valence-corrected chi connectivity index (χ2v) is 10.4. The van der Waals surface area contributed by atoms with Gasteiger partial charge in [-0.25, -0.2) is 4.52 Å². The second kappa shape index (κ2) is 8.40. The number of ether oxygens (including phenoxy) is 1. The van der Waals surface area contributed by atoms with Crippen molar-refractivity contribution in [2.45, 2.75) is 52.4 Å². The Morgan fingerprint density at radius 3 is 2.61 bits per heavy atom. The molecule has 6 rings (SSSR count). The quantitative estimate of drug-likeness (QED) is 0.272. The Morgan fingerprint density at radius 2 is 1.83 bits per heavy atom. The maximum Gasteiger partial charge on any atom is 0.390 e. The zero-order chi connectivity index (χ0) is 25.2. The maximum atomic E-state index is 13.2. The molecule has 4 heterocycles. The Kier molecular flexibility index (Phi) is 5.41.